The lowest BCUT2D eigenvalue weighted by Crippen LogP contribution is -2.40. The third kappa shape index (κ3) is 3.54. The van der Waals surface area contributed by atoms with Crippen LogP contribution in [0.4, 0.5) is 0 Å². The van der Waals surface area contributed by atoms with Crippen molar-refractivity contribution in [3.05, 3.63) is 29.3 Å². The summed E-state index contributed by atoms with van der Waals surface area (Å²) >= 11 is 5.70. The fourth-order valence-corrected chi connectivity index (χ4v) is 0.955. The molecule has 3 nitrogen and oxygen atoms in total. The largest absolute Gasteiger partial charge is 0.491 e. The summed E-state index contributed by atoms with van der Waals surface area (Å²) in [7, 11) is 0. The van der Waals surface area contributed by atoms with Gasteiger partial charge in [-0.05, 0) is 31.2 Å². The molecule has 0 aliphatic carbocycles. The van der Waals surface area contributed by atoms with Gasteiger partial charge in [-0.1, -0.05) is 11.6 Å². The van der Waals surface area contributed by atoms with Crippen molar-refractivity contribution in [3.63, 3.8) is 0 Å². The van der Waals surface area contributed by atoms with Crippen LogP contribution in [-0.2, 0) is 0 Å². The third-order valence-electron chi connectivity index (χ3n) is 1.80. The number of aliphatic hydroxyl groups is 1. The van der Waals surface area contributed by atoms with Crippen LogP contribution in [0.25, 0.3) is 0 Å². The van der Waals surface area contributed by atoms with Crippen molar-refractivity contribution in [2.75, 3.05) is 13.2 Å². The van der Waals surface area contributed by atoms with Gasteiger partial charge in [0, 0.05) is 11.6 Å². The average Bonchev–Trinajstić information content (AvgIpc) is 2.17. The fraction of sp³-hybridized carbons (Fsp3) is 0.400. The number of hydrogen-bond donors (Lipinski definition) is 2. The van der Waals surface area contributed by atoms with Crippen molar-refractivity contribution in [2.24, 2.45) is 5.73 Å². The molecule has 14 heavy (non-hydrogen) atoms. The number of benzene rings is 1. The van der Waals surface area contributed by atoms with Crippen LogP contribution in [0.5, 0.6) is 5.75 Å². The van der Waals surface area contributed by atoms with E-state index in [1.165, 1.54) is 0 Å². The van der Waals surface area contributed by atoms with Gasteiger partial charge >= 0.3 is 0 Å². The van der Waals surface area contributed by atoms with E-state index < -0.39 is 5.60 Å². The first-order chi connectivity index (χ1) is 6.53. The Hall–Kier alpha value is -0.770. The number of halogens is 1. The van der Waals surface area contributed by atoms with Gasteiger partial charge in [-0.25, -0.2) is 0 Å². The van der Waals surface area contributed by atoms with Gasteiger partial charge in [0.25, 0.3) is 0 Å². The molecule has 0 aliphatic heterocycles. The maximum Gasteiger partial charge on any atom is 0.119 e. The van der Waals surface area contributed by atoms with E-state index in [9.17, 15) is 5.11 Å². The molecule has 1 rings (SSSR count). The van der Waals surface area contributed by atoms with E-state index in [0.717, 1.165) is 0 Å². The smallest absolute Gasteiger partial charge is 0.119 e. The highest BCUT2D eigenvalue weighted by Crippen LogP contribution is 2.16. The monoisotopic (exact) mass is 215 g/mol. The van der Waals surface area contributed by atoms with Gasteiger partial charge in [-0.3, -0.25) is 0 Å². The average molecular weight is 216 g/mol. The van der Waals surface area contributed by atoms with Gasteiger partial charge in [-0.2, -0.15) is 0 Å². The zero-order valence-electron chi connectivity index (χ0n) is 8.03. The fourth-order valence-electron chi connectivity index (χ4n) is 0.829. The molecule has 1 aromatic carbocycles. The minimum absolute atomic E-state index is 0.167. The van der Waals surface area contributed by atoms with Crippen molar-refractivity contribution < 1.29 is 9.84 Å². The summed E-state index contributed by atoms with van der Waals surface area (Å²) in [4.78, 5) is 0. The lowest BCUT2D eigenvalue weighted by Gasteiger charge is -2.21. The quantitative estimate of drug-likeness (QED) is 0.799. The molecular weight excluding hydrogens is 202 g/mol. The maximum atomic E-state index is 9.56. The van der Waals surface area contributed by atoms with Crippen LogP contribution >= 0.6 is 11.6 Å². The third-order valence-corrected chi connectivity index (χ3v) is 2.06. The van der Waals surface area contributed by atoms with Gasteiger partial charge in [0.15, 0.2) is 0 Å². The van der Waals surface area contributed by atoms with Crippen molar-refractivity contribution in [1.29, 1.82) is 0 Å². The van der Waals surface area contributed by atoms with Crippen LogP contribution in [0.3, 0.4) is 0 Å². The molecule has 3 N–H and O–H groups in total. The molecule has 1 atom stereocenters. The second-order valence-electron chi connectivity index (χ2n) is 3.44. The van der Waals surface area contributed by atoms with Crippen LogP contribution in [-0.4, -0.2) is 23.9 Å². The minimum atomic E-state index is -0.986. The predicted octanol–water partition coefficient (Wildman–Crippen LogP) is 1.43. The van der Waals surface area contributed by atoms with Crippen LogP contribution in [0.2, 0.25) is 5.02 Å². The Labute approximate surface area is 88.4 Å². The molecule has 0 heterocycles. The van der Waals surface area contributed by atoms with Crippen molar-refractivity contribution in [3.8, 4) is 5.75 Å². The number of hydrogen-bond acceptors (Lipinski definition) is 3. The molecule has 0 saturated heterocycles. The van der Waals surface area contributed by atoms with Crippen molar-refractivity contribution in [2.45, 2.75) is 12.5 Å². The van der Waals surface area contributed by atoms with Gasteiger partial charge in [0.05, 0.1) is 0 Å². The highest BCUT2D eigenvalue weighted by atomic mass is 35.5. The topological polar surface area (TPSA) is 55.5 Å². The Morgan fingerprint density at radius 2 is 2.00 bits per heavy atom. The summed E-state index contributed by atoms with van der Waals surface area (Å²) in [6.07, 6.45) is 0. The van der Waals surface area contributed by atoms with Gasteiger partial charge < -0.3 is 15.6 Å². The second-order valence-corrected chi connectivity index (χ2v) is 3.88. The molecular formula is C10H14ClNO2. The maximum absolute atomic E-state index is 9.56. The molecule has 0 aromatic heterocycles. The zero-order chi connectivity index (χ0) is 10.6. The SMILES string of the molecule is CC(O)(CN)COc1ccc(Cl)cc1. The lowest BCUT2D eigenvalue weighted by molar-refractivity contribution is 0.0196. The minimum Gasteiger partial charge on any atom is -0.491 e. The van der Waals surface area contributed by atoms with Crippen LogP contribution in [0.15, 0.2) is 24.3 Å². The molecule has 0 fully saturated rings. The number of ether oxygens (including phenoxy) is 1. The molecule has 1 aromatic rings. The molecule has 0 aliphatic rings. The highest BCUT2D eigenvalue weighted by molar-refractivity contribution is 6.30. The van der Waals surface area contributed by atoms with E-state index in [0.29, 0.717) is 10.8 Å². The van der Waals surface area contributed by atoms with Crippen LogP contribution in [0.1, 0.15) is 6.92 Å². The van der Waals surface area contributed by atoms with Gasteiger partial charge in [0.1, 0.15) is 18.0 Å². The standard InChI is InChI=1S/C10H14ClNO2/c1-10(13,6-12)7-14-9-4-2-8(11)3-5-9/h2-5,13H,6-7,12H2,1H3. The Bertz CT molecular complexity index is 285. The van der Waals surface area contributed by atoms with E-state index in [4.69, 9.17) is 22.1 Å². The Morgan fingerprint density at radius 1 is 1.43 bits per heavy atom. The molecule has 0 spiro atoms. The van der Waals surface area contributed by atoms with E-state index in [-0.39, 0.29) is 13.2 Å². The van der Waals surface area contributed by atoms with Crippen molar-refractivity contribution in [1.82, 2.24) is 0 Å². The summed E-state index contributed by atoms with van der Waals surface area (Å²) in [5.74, 6) is 0.670. The molecule has 0 radical (unpaired) electrons. The Balaban J connectivity index is 2.50. The van der Waals surface area contributed by atoms with E-state index in [1.54, 1.807) is 31.2 Å². The first-order valence-electron chi connectivity index (χ1n) is 4.34. The molecule has 1 unspecified atom stereocenters. The molecule has 0 bridgehead atoms. The summed E-state index contributed by atoms with van der Waals surface area (Å²) < 4.78 is 5.33. The molecule has 78 valence electrons. The first kappa shape index (κ1) is 11.3. The lowest BCUT2D eigenvalue weighted by atomic mass is 10.1. The van der Waals surface area contributed by atoms with Crippen LogP contribution < -0.4 is 10.5 Å². The van der Waals surface area contributed by atoms with E-state index in [1.807, 2.05) is 0 Å². The molecule has 0 saturated carbocycles. The van der Waals surface area contributed by atoms with Gasteiger partial charge in [0.2, 0.25) is 0 Å². The Morgan fingerprint density at radius 3 is 2.50 bits per heavy atom. The Kier molecular flexibility index (Phi) is 3.75. The summed E-state index contributed by atoms with van der Waals surface area (Å²) in [5, 5.41) is 10.2. The second kappa shape index (κ2) is 4.64. The summed E-state index contributed by atoms with van der Waals surface area (Å²) in [6, 6.07) is 6.95. The summed E-state index contributed by atoms with van der Waals surface area (Å²) in [6.45, 7) is 1.97. The van der Waals surface area contributed by atoms with Gasteiger partial charge in [-0.15, -0.1) is 0 Å². The van der Waals surface area contributed by atoms with E-state index in [2.05, 4.69) is 0 Å². The highest BCUT2D eigenvalue weighted by Gasteiger charge is 2.18. The number of rotatable bonds is 4. The molecule has 0 amide bonds. The number of nitrogens with two attached hydrogens (primary N) is 1. The van der Waals surface area contributed by atoms with Crippen molar-refractivity contribution >= 4 is 11.6 Å². The van der Waals surface area contributed by atoms with E-state index >= 15 is 0 Å². The summed E-state index contributed by atoms with van der Waals surface area (Å²) in [5.41, 5.74) is 4.36. The normalized spacial score (nSPS) is 14.9. The first-order valence-corrected chi connectivity index (χ1v) is 4.72. The molecule has 4 heteroatoms. The zero-order valence-corrected chi connectivity index (χ0v) is 8.79. The predicted molar refractivity (Wildman–Crippen MR) is 56.6 cm³/mol. The van der Waals surface area contributed by atoms with Crippen LogP contribution in [0, 0.1) is 0 Å².